The fourth-order valence-corrected chi connectivity index (χ4v) is 6.81. The number of nitrogens with zero attached hydrogens (tertiary/aromatic N) is 1. The highest BCUT2D eigenvalue weighted by molar-refractivity contribution is 7.15. The third-order valence-electron chi connectivity index (χ3n) is 7.30. The summed E-state index contributed by atoms with van der Waals surface area (Å²) in [5.74, 6) is 0.334. The van der Waals surface area contributed by atoms with E-state index in [0.29, 0.717) is 12.6 Å². The number of hydrogen-bond acceptors (Lipinski definition) is 5. The van der Waals surface area contributed by atoms with Crippen molar-refractivity contribution in [1.82, 2.24) is 10.3 Å². The van der Waals surface area contributed by atoms with E-state index in [-0.39, 0.29) is 35.0 Å². The molecule has 1 heterocycles. The van der Waals surface area contributed by atoms with Crippen LogP contribution in [-0.4, -0.2) is 34.7 Å². The highest BCUT2D eigenvalue weighted by Gasteiger charge is 2.54. The second-order valence-electron chi connectivity index (χ2n) is 9.41. The van der Waals surface area contributed by atoms with Crippen LogP contribution < -0.4 is 10.6 Å². The Bertz CT molecular complexity index is 759. The van der Waals surface area contributed by atoms with E-state index in [1.807, 2.05) is 13.0 Å². The first-order valence-electron chi connectivity index (χ1n) is 10.7. The Hall–Kier alpha value is -1.40. The van der Waals surface area contributed by atoms with Gasteiger partial charge >= 0.3 is 0 Å². The standard InChI is InChI=1S/C22H33N3O2S/c1-5-10-23-21-25-18-13(3)17-19(26)15(12(2)20(27)24-14-6-7-14)8-9-22(17,4)11-16(18)28-21/h5,12-15,17,19,26H,1,6-11H2,2-4H3,(H,23,25)(H,24,27)/t12-,13-,15+,17+,19-,22-/m0/s1. The minimum atomic E-state index is -0.465. The number of amides is 1. The lowest BCUT2D eigenvalue weighted by Gasteiger charge is -2.53. The average molecular weight is 404 g/mol. The summed E-state index contributed by atoms with van der Waals surface area (Å²) in [4.78, 5) is 18.8. The topological polar surface area (TPSA) is 74.2 Å². The monoisotopic (exact) mass is 403 g/mol. The summed E-state index contributed by atoms with van der Waals surface area (Å²) in [5.41, 5.74) is 1.20. The van der Waals surface area contributed by atoms with E-state index in [4.69, 9.17) is 4.98 Å². The molecule has 2 fully saturated rings. The zero-order valence-electron chi connectivity index (χ0n) is 17.2. The molecule has 1 aromatic rings. The Morgan fingerprint density at radius 1 is 1.46 bits per heavy atom. The maximum Gasteiger partial charge on any atom is 0.223 e. The van der Waals surface area contributed by atoms with E-state index in [1.54, 1.807) is 11.3 Å². The van der Waals surface area contributed by atoms with Crippen LogP contribution in [0.3, 0.4) is 0 Å². The molecule has 1 amide bonds. The number of carbonyl (C=O) groups excluding carboxylic acids is 1. The van der Waals surface area contributed by atoms with Gasteiger partial charge in [-0.3, -0.25) is 4.79 Å². The number of nitrogens with one attached hydrogen (secondary N) is 2. The van der Waals surface area contributed by atoms with E-state index in [0.717, 1.165) is 42.9 Å². The van der Waals surface area contributed by atoms with Crippen molar-refractivity contribution in [2.45, 2.75) is 70.9 Å². The molecule has 0 radical (unpaired) electrons. The molecule has 154 valence electrons. The number of anilines is 1. The summed E-state index contributed by atoms with van der Waals surface area (Å²) in [6, 6.07) is 0.369. The van der Waals surface area contributed by atoms with Gasteiger partial charge in [-0.15, -0.1) is 17.9 Å². The van der Waals surface area contributed by atoms with E-state index in [2.05, 4.69) is 31.1 Å². The minimum Gasteiger partial charge on any atom is -0.392 e. The first-order chi connectivity index (χ1) is 13.3. The Morgan fingerprint density at radius 2 is 2.21 bits per heavy atom. The molecule has 0 spiro atoms. The van der Waals surface area contributed by atoms with Gasteiger partial charge in [-0.2, -0.15) is 0 Å². The van der Waals surface area contributed by atoms with E-state index < -0.39 is 6.10 Å². The van der Waals surface area contributed by atoms with Gasteiger partial charge in [0.1, 0.15) is 0 Å². The van der Waals surface area contributed by atoms with E-state index >= 15 is 0 Å². The number of aliphatic hydroxyl groups is 1. The van der Waals surface area contributed by atoms with Crippen LogP contribution in [0.15, 0.2) is 12.7 Å². The zero-order valence-corrected chi connectivity index (χ0v) is 18.0. The number of rotatable bonds is 6. The van der Waals surface area contributed by atoms with Crippen LogP contribution in [0.2, 0.25) is 0 Å². The van der Waals surface area contributed by atoms with Crippen LogP contribution in [0.1, 0.15) is 62.9 Å². The highest BCUT2D eigenvalue weighted by atomic mass is 32.1. The molecule has 0 saturated heterocycles. The maximum absolute atomic E-state index is 12.6. The van der Waals surface area contributed by atoms with Crippen molar-refractivity contribution in [2.75, 3.05) is 11.9 Å². The van der Waals surface area contributed by atoms with Crippen LogP contribution in [0.5, 0.6) is 0 Å². The van der Waals surface area contributed by atoms with Gasteiger partial charge in [0.25, 0.3) is 0 Å². The second-order valence-corrected chi connectivity index (χ2v) is 10.5. The SMILES string of the molecule is C=CCNc1nc2c(s1)C[C@]1(C)CC[C@H]([C@H](C)C(=O)NC3CC3)[C@H](O)[C@H]1[C@@H]2C. The lowest BCUT2D eigenvalue weighted by Crippen LogP contribution is -2.53. The van der Waals surface area contributed by atoms with E-state index in [9.17, 15) is 9.90 Å². The molecule has 1 aromatic heterocycles. The number of hydrogen-bond donors (Lipinski definition) is 3. The molecule has 4 rings (SSSR count). The largest absolute Gasteiger partial charge is 0.392 e. The van der Waals surface area contributed by atoms with Crippen molar-refractivity contribution in [2.24, 2.45) is 23.2 Å². The fraction of sp³-hybridized carbons (Fsp3) is 0.727. The Kier molecular flexibility index (Phi) is 5.29. The van der Waals surface area contributed by atoms with Crippen LogP contribution in [0.25, 0.3) is 0 Å². The number of carbonyl (C=O) groups is 1. The zero-order chi connectivity index (χ0) is 20.1. The van der Waals surface area contributed by atoms with Gasteiger partial charge in [0.2, 0.25) is 5.91 Å². The number of aromatic nitrogens is 1. The van der Waals surface area contributed by atoms with Crippen molar-refractivity contribution in [3.63, 3.8) is 0 Å². The van der Waals surface area contributed by atoms with Crippen molar-refractivity contribution in [3.8, 4) is 0 Å². The fourth-order valence-electron chi connectivity index (χ4n) is 5.54. The Labute approximate surface area is 172 Å². The smallest absolute Gasteiger partial charge is 0.223 e. The van der Waals surface area contributed by atoms with Crippen molar-refractivity contribution in [3.05, 3.63) is 23.2 Å². The molecule has 3 aliphatic carbocycles. The molecule has 6 heteroatoms. The molecule has 0 aromatic carbocycles. The average Bonchev–Trinajstić information content (AvgIpc) is 3.36. The van der Waals surface area contributed by atoms with Gasteiger partial charge < -0.3 is 15.7 Å². The Morgan fingerprint density at radius 3 is 2.89 bits per heavy atom. The number of aliphatic hydroxyl groups excluding tert-OH is 1. The van der Waals surface area contributed by atoms with Crippen molar-refractivity contribution < 1.29 is 9.90 Å². The number of fused-ring (bicyclic) bond motifs is 2. The molecular formula is C22H33N3O2S. The lowest BCUT2D eigenvalue weighted by molar-refractivity contribution is -0.134. The molecule has 0 unspecified atom stereocenters. The maximum atomic E-state index is 12.6. The highest BCUT2D eigenvalue weighted by Crippen LogP contribution is 2.57. The van der Waals surface area contributed by atoms with Gasteiger partial charge in [-0.05, 0) is 49.4 Å². The first kappa shape index (κ1) is 19.9. The Balaban J connectivity index is 1.55. The molecule has 2 saturated carbocycles. The third kappa shape index (κ3) is 3.50. The summed E-state index contributed by atoms with van der Waals surface area (Å²) >= 11 is 1.74. The van der Waals surface area contributed by atoms with Gasteiger partial charge in [0.15, 0.2) is 5.13 Å². The third-order valence-corrected chi connectivity index (χ3v) is 8.33. The molecule has 0 aliphatic heterocycles. The summed E-state index contributed by atoms with van der Waals surface area (Å²) in [7, 11) is 0. The normalized spacial score (nSPS) is 35.4. The van der Waals surface area contributed by atoms with Crippen LogP contribution >= 0.6 is 11.3 Å². The van der Waals surface area contributed by atoms with Gasteiger partial charge in [-0.25, -0.2) is 4.98 Å². The van der Waals surface area contributed by atoms with Crippen LogP contribution in [-0.2, 0) is 11.2 Å². The van der Waals surface area contributed by atoms with Crippen LogP contribution in [0, 0.1) is 23.2 Å². The minimum absolute atomic E-state index is 0.0258. The number of thiazole rings is 1. The predicted octanol–water partition coefficient (Wildman–Crippen LogP) is 3.71. The predicted molar refractivity (Wildman–Crippen MR) is 114 cm³/mol. The van der Waals surface area contributed by atoms with Crippen molar-refractivity contribution >= 4 is 22.4 Å². The van der Waals surface area contributed by atoms with Gasteiger partial charge in [-0.1, -0.05) is 26.8 Å². The second kappa shape index (κ2) is 7.45. The van der Waals surface area contributed by atoms with Gasteiger partial charge in [0, 0.05) is 29.3 Å². The molecule has 6 atom stereocenters. The summed E-state index contributed by atoms with van der Waals surface area (Å²) in [5, 5.41) is 18.8. The first-order valence-corrected chi connectivity index (χ1v) is 11.5. The summed E-state index contributed by atoms with van der Waals surface area (Å²) < 4.78 is 0. The quantitative estimate of drug-likeness (QED) is 0.633. The van der Waals surface area contributed by atoms with Crippen LogP contribution in [0.4, 0.5) is 5.13 Å². The lowest BCUT2D eigenvalue weighted by atomic mass is 9.53. The molecule has 3 N–H and O–H groups in total. The molecule has 28 heavy (non-hydrogen) atoms. The molecular weight excluding hydrogens is 370 g/mol. The van der Waals surface area contributed by atoms with E-state index in [1.165, 1.54) is 4.88 Å². The molecule has 0 bridgehead atoms. The molecule has 5 nitrogen and oxygen atoms in total. The van der Waals surface area contributed by atoms with Crippen molar-refractivity contribution in [1.29, 1.82) is 0 Å². The molecule has 3 aliphatic rings. The van der Waals surface area contributed by atoms with Gasteiger partial charge in [0.05, 0.1) is 11.8 Å². The summed E-state index contributed by atoms with van der Waals surface area (Å²) in [6.07, 6.45) is 6.50. The summed E-state index contributed by atoms with van der Waals surface area (Å²) in [6.45, 7) is 11.0.